The van der Waals surface area contributed by atoms with Gasteiger partial charge >= 0.3 is 0 Å². The van der Waals surface area contributed by atoms with Crippen molar-refractivity contribution in [1.29, 1.82) is 0 Å². The molecule has 0 unspecified atom stereocenters. The number of nitrogens with zero attached hydrogens (tertiary/aromatic N) is 2. The van der Waals surface area contributed by atoms with Gasteiger partial charge in [-0.3, -0.25) is 15.0 Å². The lowest BCUT2D eigenvalue weighted by Gasteiger charge is -2.17. The molecule has 1 fully saturated rings. The highest BCUT2D eigenvalue weighted by Crippen LogP contribution is 2.31. The molecule has 2 aromatic carbocycles. The van der Waals surface area contributed by atoms with E-state index in [0.717, 1.165) is 19.6 Å². The molecule has 0 aromatic heterocycles. The summed E-state index contributed by atoms with van der Waals surface area (Å²) in [7, 11) is 0. The Morgan fingerprint density at radius 1 is 1.12 bits per heavy atom. The molecular formula is C19H23N3O3. The van der Waals surface area contributed by atoms with Gasteiger partial charge in [0.15, 0.2) is 0 Å². The van der Waals surface area contributed by atoms with E-state index in [1.54, 1.807) is 12.1 Å². The van der Waals surface area contributed by atoms with E-state index in [-0.39, 0.29) is 5.69 Å². The fraction of sp³-hybridized carbons (Fsp3) is 0.368. The molecule has 6 heteroatoms. The second kappa shape index (κ2) is 8.09. The molecule has 0 aliphatic carbocycles. The summed E-state index contributed by atoms with van der Waals surface area (Å²) < 4.78 is 5.72. The number of nitro benzene ring substituents is 1. The van der Waals surface area contributed by atoms with Gasteiger partial charge in [0.1, 0.15) is 12.4 Å². The van der Waals surface area contributed by atoms with Gasteiger partial charge in [-0.15, -0.1) is 0 Å². The quantitative estimate of drug-likeness (QED) is 0.618. The van der Waals surface area contributed by atoms with Gasteiger partial charge in [0.25, 0.3) is 5.69 Å². The molecule has 2 atom stereocenters. The van der Waals surface area contributed by atoms with Crippen molar-refractivity contribution in [3.05, 3.63) is 70.3 Å². The standard InChI is InChI=1S/C19H23N3O3/c20-12-16-13-21(14-19(16)15-4-2-1-3-5-15)10-11-25-18-8-6-17(7-9-18)22(23)24/h1-9,16,19H,10-14,20H2/t16-,19+/m1/s1. The van der Waals surface area contributed by atoms with Crippen molar-refractivity contribution in [3.8, 4) is 5.75 Å². The summed E-state index contributed by atoms with van der Waals surface area (Å²) in [5, 5.41) is 10.7. The normalized spacial score (nSPS) is 20.5. The minimum absolute atomic E-state index is 0.0726. The summed E-state index contributed by atoms with van der Waals surface area (Å²) in [6.07, 6.45) is 0. The first-order chi connectivity index (χ1) is 12.2. The number of hydrogen-bond acceptors (Lipinski definition) is 5. The van der Waals surface area contributed by atoms with Crippen LogP contribution in [0.25, 0.3) is 0 Å². The fourth-order valence-electron chi connectivity index (χ4n) is 3.42. The number of rotatable bonds is 7. The van der Waals surface area contributed by atoms with Crippen molar-refractivity contribution in [2.75, 3.05) is 32.8 Å². The fourth-order valence-corrected chi connectivity index (χ4v) is 3.42. The molecule has 0 saturated carbocycles. The van der Waals surface area contributed by atoms with Crippen molar-refractivity contribution in [3.63, 3.8) is 0 Å². The first-order valence-corrected chi connectivity index (χ1v) is 8.52. The van der Waals surface area contributed by atoms with E-state index in [9.17, 15) is 10.1 Å². The predicted molar refractivity (Wildman–Crippen MR) is 96.8 cm³/mol. The average Bonchev–Trinajstić information content (AvgIpc) is 3.06. The van der Waals surface area contributed by atoms with E-state index < -0.39 is 4.92 Å². The van der Waals surface area contributed by atoms with Crippen molar-refractivity contribution >= 4 is 5.69 Å². The van der Waals surface area contributed by atoms with Crippen LogP contribution >= 0.6 is 0 Å². The highest BCUT2D eigenvalue weighted by atomic mass is 16.6. The van der Waals surface area contributed by atoms with E-state index in [4.69, 9.17) is 10.5 Å². The predicted octanol–water partition coefficient (Wildman–Crippen LogP) is 2.65. The smallest absolute Gasteiger partial charge is 0.269 e. The zero-order valence-electron chi connectivity index (χ0n) is 14.1. The van der Waals surface area contributed by atoms with Crippen molar-refractivity contribution in [2.45, 2.75) is 5.92 Å². The van der Waals surface area contributed by atoms with Gasteiger partial charge in [-0.05, 0) is 30.2 Å². The Balaban J connectivity index is 1.51. The number of hydrogen-bond donors (Lipinski definition) is 1. The summed E-state index contributed by atoms with van der Waals surface area (Å²) in [4.78, 5) is 12.6. The Labute approximate surface area is 147 Å². The van der Waals surface area contributed by atoms with Crippen LogP contribution in [-0.4, -0.2) is 42.6 Å². The number of benzene rings is 2. The van der Waals surface area contributed by atoms with Crippen LogP contribution in [0.4, 0.5) is 5.69 Å². The lowest BCUT2D eigenvalue weighted by Crippen LogP contribution is -2.27. The van der Waals surface area contributed by atoms with Crippen LogP contribution in [-0.2, 0) is 0 Å². The molecule has 1 heterocycles. The SMILES string of the molecule is NC[C@@H]1CN(CCOc2ccc([N+](=O)[O-])cc2)C[C@H]1c1ccccc1. The Bertz CT molecular complexity index is 691. The summed E-state index contributed by atoms with van der Waals surface area (Å²) in [5.41, 5.74) is 7.39. The second-order valence-electron chi connectivity index (χ2n) is 6.37. The molecular weight excluding hydrogens is 318 g/mol. The molecule has 1 aliphatic rings. The van der Waals surface area contributed by atoms with Gasteiger partial charge < -0.3 is 10.5 Å². The Kier molecular flexibility index (Phi) is 5.63. The van der Waals surface area contributed by atoms with Crippen LogP contribution in [0.1, 0.15) is 11.5 Å². The Morgan fingerprint density at radius 3 is 2.48 bits per heavy atom. The van der Waals surface area contributed by atoms with E-state index >= 15 is 0 Å². The Hall–Kier alpha value is -2.44. The number of nitro groups is 1. The third-order valence-corrected chi connectivity index (χ3v) is 4.77. The third-order valence-electron chi connectivity index (χ3n) is 4.77. The largest absolute Gasteiger partial charge is 0.492 e. The maximum absolute atomic E-state index is 10.7. The molecule has 0 radical (unpaired) electrons. The van der Waals surface area contributed by atoms with E-state index in [1.807, 2.05) is 6.07 Å². The van der Waals surface area contributed by atoms with Crippen LogP contribution < -0.4 is 10.5 Å². The van der Waals surface area contributed by atoms with E-state index in [1.165, 1.54) is 17.7 Å². The van der Waals surface area contributed by atoms with Crippen molar-refractivity contribution in [2.24, 2.45) is 11.7 Å². The third kappa shape index (κ3) is 4.35. The zero-order chi connectivity index (χ0) is 17.6. The number of likely N-dealkylation sites (tertiary alicyclic amines) is 1. The lowest BCUT2D eigenvalue weighted by molar-refractivity contribution is -0.384. The van der Waals surface area contributed by atoms with E-state index in [0.29, 0.717) is 30.7 Å². The molecule has 1 saturated heterocycles. The molecule has 0 amide bonds. The molecule has 2 aromatic rings. The first-order valence-electron chi connectivity index (χ1n) is 8.52. The minimum Gasteiger partial charge on any atom is -0.492 e. The number of ether oxygens (including phenoxy) is 1. The van der Waals surface area contributed by atoms with Gasteiger partial charge in [-0.2, -0.15) is 0 Å². The van der Waals surface area contributed by atoms with Gasteiger partial charge in [0.2, 0.25) is 0 Å². The molecule has 0 spiro atoms. The van der Waals surface area contributed by atoms with Crippen LogP contribution in [0, 0.1) is 16.0 Å². The lowest BCUT2D eigenvalue weighted by atomic mass is 9.89. The molecule has 25 heavy (non-hydrogen) atoms. The first kappa shape index (κ1) is 17.4. The summed E-state index contributed by atoms with van der Waals surface area (Å²) in [6, 6.07) is 16.7. The molecule has 132 valence electrons. The average molecular weight is 341 g/mol. The van der Waals surface area contributed by atoms with Crippen molar-refractivity contribution < 1.29 is 9.66 Å². The molecule has 6 nitrogen and oxygen atoms in total. The monoisotopic (exact) mass is 341 g/mol. The number of non-ortho nitro benzene ring substituents is 1. The second-order valence-corrected chi connectivity index (χ2v) is 6.37. The minimum atomic E-state index is -0.412. The molecule has 1 aliphatic heterocycles. The topological polar surface area (TPSA) is 81.6 Å². The summed E-state index contributed by atoms with van der Waals surface area (Å²) in [5.74, 6) is 1.58. The van der Waals surface area contributed by atoms with E-state index in [2.05, 4.69) is 29.2 Å². The van der Waals surface area contributed by atoms with Gasteiger partial charge in [0, 0.05) is 37.7 Å². The summed E-state index contributed by atoms with van der Waals surface area (Å²) >= 11 is 0. The van der Waals surface area contributed by atoms with Gasteiger partial charge in [-0.25, -0.2) is 0 Å². The highest BCUT2D eigenvalue weighted by Gasteiger charge is 2.32. The van der Waals surface area contributed by atoms with Crippen LogP contribution in [0.15, 0.2) is 54.6 Å². The maximum atomic E-state index is 10.7. The highest BCUT2D eigenvalue weighted by molar-refractivity contribution is 5.35. The molecule has 2 N–H and O–H groups in total. The molecule has 0 bridgehead atoms. The van der Waals surface area contributed by atoms with Crippen LogP contribution in [0.5, 0.6) is 5.75 Å². The van der Waals surface area contributed by atoms with Crippen LogP contribution in [0.3, 0.4) is 0 Å². The Morgan fingerprint density at radius 2 is 1.84 bits per heavy atom. The van der Waals surface area contributed by atoms with Crippen molar-refractivity contribution in [1.82, 2.24) is 4.90 Å². The maximum Gasteiger partial charge on any atom is 0.269 e. The zero-order valence-corrected chi connectivity index (χ0v) is 14.1. The van der Waals surface area contributed by atoms with Crippen LogP contribution in [0.2, 0.25) is 0 Å². The molecule has 3 rings (SSSR count). The van der Waals surface area contributed by atoms with Gasteiger partial charge in [0.05, 0.1) is 4.92 Å². The number of nitrogens with two attached hydrogens (primary N) is 1. The van der Waals surface area contributed by atoms with Gasteiger partial charge in [-0.1, -0.05) is 30.3 Å². The summed E-state index contributed by atoms with van der Waals surface area (Å²) in [6.45, 7) is 4.00.